The van der Waals surface area contributed by atoms with E-state index in [9.17, 15) is 4.79 Å². The van der Waals surface area contributed by atoms with Crippen molar-refractivity contribution in [1.82, 2.24) is 5.32 Å². The summed E-state index contributed by atoms with van der Waals surface area (Å²) in [6, 6.07) is 5.71. The van der Waals surface area contributed by atoms with Gasteiger partial charge in [-0.2, -0.15) is 0 Å². The molecular weight excluding hydrogens is 244 g/mol. The third kappa shape index (κ3) is 2.59. The van der Waals surface area contributed by atoms with Crippen molar-refractivity contribution in [2.24, 2.45) is 0 Å². The molecule has 5 heteroatoms. The first-order valence-electron chi connectivity index (χ1n) is 6.24. The van der Waals surface area contributed by atoms with Gasteiger partial charge in [0.2, 0.25) is 5.91 Å². The van der Waals surface area contributed by atoms with E-state index in [-0.39, 0.29) is 11.4 Å². The SMILES string of the molecule is COc1ccc(N2CC(=O)NCC2(C)C)cc1OC. The van der Waals surface area contributed by atoms with Crippen LogP contribution in [0.2, 0.25) is 0 Å². The second-order valence-electron chi connectivity index (χ2n) is 5.21. The molecule has 1 saturated heterocycles. The molecule has 1 aliphatic rings. The van der Waals surface area contributed by atoms with Crippen LogP contribution in [0, 0.1) is 0 Å². The quantitative estimate of drug-likeness (QED) is 0.897. The van der Waals surface area contributed by atoms with Crippen molar-refractivity contribution in [2.45, 2.75) is 19.4 Å². The predicted molar refractivity (Wildman–Crippen MR) is 74.0 cm³/mol. The van der Waals surface area contributed by atoms with Crippen molar-refractivity contribution in [1.29, 1.82) is 0 Å². The Hall–Kier alpha value is -1.91. The first-order valence-corrected chi connectivity index (χ1v) is 6.24. The molecule has 1 amide bonds. The van der Waals surface area contributed by atoms with Crippen molar-refractivity contribution in [3.05, 3.63) is 18.2 Å². The van der Waals surface area contributed by atoms with Crippen molar-refractivity contribution in [2.75, 3.05) is 32.2 Å². The normalized spacial score (nSPS) is 17.9. The highest BCUT2D eigenvalue weighted by Gasteiger charge is 2.33. The molecule has 5 nitrogen and oxygen atoms in total. The number of nitrogens with one attached hydrogen (secondary N) is 1. The fourth-order valence-electron chi connectivity index (χ4n) is 2.26. The number of methoxy groups -OCH3 is 2. The van der Waals surface area contributed by atoms with E-state index in [4.69, 9.17) is 9.47 Å². The molecule has 1 heterocycles. The standard InChI is InChI=1S/C14H20N2O3/c1-14(2)9-15-13(17)8-16(14)10-5-6-11(18-3)12(7-10)19-4/h5-7H,8-9H2,1-4H3,(H,15,17). The summed E-state index contributed by atoms with van der Waals surface area (Å²) in [5.41, 5.74) is 0.825. The molecule has 1 N–H and O–H groups in total. The van der Waals surface area contributed by atoms with Gasteiger partial charge in [0.05, 0.1) is 26.3 Å². The highest BCUT2D eigenvalue weighted by Crippen LogP contribution is 2.34. The van der Waals surface area contributed by atoms with Crippen LogP contribution in [0.5, 0.6) is 11.5 Å². The first-order chi connectivity index (χ1) is 8.97. The maximum absolute atomic E-state index is 11.6. The summed E-state index contributed by atoms with van der Waals surface area (Å²) < 4.78 is 10.5. The molecule has 0 unspecified atom stereocenters. The Balaban J connectivity index is 2.37. The molecule has 0 aliphatic carbocycles. The van der Waals surface area contributed by atoms with Gasteiger partial charge in [0.15, 0.2) is 11.5 Å². The Kier molecular flexibility index (Phi) is 3.55. The molecule has 1 fully saturated rings. The van der Waals surface area contributed by atoms with Gasteiger partial charge in [-0.15, -0.1) is 0 Å². The third-order valence-electron chi connectivity index (χ3n) is 3.43. The van der Waals surface area contributed by atoms with E-state index in [1.165, 1.54) is 0 Å². The first kappa shape index (κ1) is 13.5. The number of carbonyl (C=O) groups excluding carboxylic acids is 1. The lowest BCUT2D eigenvalue weighted by molar-refractivity contribution is -0.121. The molecule has 1 aromatic carbocycles. The van der Waals surface area contributed by atoms with Gasteiger partial charge in [-0.3, -0.25) is 4.79 Å². The number of piperazine rings is 1. The van der Waals surface area contributed by atoms with Gasteiger partial charge in [-0.1, -0.05) is 0 Å². The van der Waals surface area contributed by atoms with Gasteiger partial charge in [-0.25, -0.2) is 0 Å². The molecule has 2 rings (SSSR count). The lowest BCUT2D eigenvalue weighted by atomic mass is 9.99. The van der Waals surface area contributed by atoms with Gasteiger partial charge < -0.3 is 19.7 Å². The number of benzene rings is 1. The monoisotopic (exact) mass is 264 g/mol. The molecule has 104 valence electrons. The molecule has 0 saturated carbocycles. The van der Waals surface area contributed by atoms with Gasteiger partial charge in [0.25, 0.3) is 0 Å². The molecular formula is C14H20N2O3. The summed E-state index contributed by atoms with van der Waals surface area (Å²) in [6.07, 6.45) is 0. The zero-order valence-corrected chi connectivity index (χ0v) is 11.8. The van der Waals surface area contributed by atoms with E-state index in [0.717, 1.165) is 5.69 Å². The van der Waals surface area contributed by atoms with E-state index in [1.807, 2.05) is 18.2 Å². The molecule has 0 radical (unpaired) electrons. The average molecular weight is 264 g/mol. The van der Waals surface area contributed by atoms with Crippen molar-refractivity contribution >= 4 is 11.6 Å². The topological polar surface area (TPSA) is 50.8 Å². The summed E-state index contributed by atoms with van der Waals surface area (Å²) in [6.45, 7) is 5.18. The Morgan fingerprint density at radius 3 is 2.53 bits per heavy atom. The summed E-state index contributed by atoms with van der Waals surface area (Å²) >= 11 is 0. The van der Waals surface area contributed by atoms with Crippen LogP contribution in [0.1, 0.15) is 13.8 Å². The fraction of sp³-hybridized carbons (Fsp3) is 0.500. The lowest BCUT2D eigenvalue weighted by Gasteiger charge is -2.43. The maximum atomic E-state index is 11.6. The summed E-state index contributed by atoms with van der Waals surface area (Å²) in [5, 5.41) is 2.89. The number of ether oxygens (including phenoxy) is 2. The van der Waals surface area contributed by atoms with Gasteiger partial charge in [-0.05, 0) is 26.0 Å². The molecule has 0 aromatic heterocycles. The predicted octanol–water partition coefficient (Wildman–Crippen LogP) is 1.42. The number of hydrogen-bond acceptors (Lipinski definition) is 4. The van der Waals surface area contributed by atoms with Gasteiger partial charge in [0, 0.05) is 18.3 Å². The smallest absolute Gasteiger partial charge is 0.239 e. The number of carbonyl (C=O) groups is 1. The Labute approximate surface area is 113 Å². The summed E-state index contributed by atoms with van der Waals surface area (Å²) in [5.74, 6) is 1.39. The second-order valence-corrected chi connectivity index (χ2v) is 5.21. The zero-order chi connectivity index (χ0) is 14.0. The van der Waals surface area contributed by atoms with Crippen LogP contribution in [-0.2, 0) is 4.79 Å². The second kappa shape index (κ2) is 4.99. The van der Waals surface area contributed by atoms with E-state index in [1.54, 1.807) is 14.2 Å². The maximum Gasteiger partial charge on any atom is 0.239 e. The average Bonchev–Trinajstić information content (AvgIpc) is 2.40. The van der Waals surface area contributed by atoms with Gasteiger partial charge in [0.1, 0.15) is 0 Å². The Bertz CT molecular complexity index is 486. The van der Waals surface area contributed by atoms with Crippen LogP contribution in [0.25, 0.3) is 0 Å². The largest absolute Gasteiger partial charge is 0.493 e. The van der Waals surface area contributed by atoms with Crippen LogP contribution >= 0.6 is 0 Å². The molecule has 1 aliphatic heterocycles. The third-order valence-corrected chi connectivity index (χ3v) is 3.43. The summed E-state index contributed by atoms with van der Waals surface area (Å²) in [4.78, 5) is 13.7. The van der Waals surface area contributed by atoms with Crippen molar-refractivity contribution < 1.29 is 14.3 Å². The molecule has 0 bridgehead atoms. The number of anilines is 1. The van der Waals surface area contributed by atoms with Crippen molar-refractivity contribution in [3.8, 4) is 11.5 Å². The number of rotatable bonds is 3. The van der Waals surface area contributed by atoms with Gasteiger partial charge >= 0.3 is 0 Å². The molecule has 0 spiro atoms. The lowest BCUT2D eigenvalue weighted by Crippen LogP contribution is -2.60. The highest BCUT2D eigenvalue weighted by molar-refractivity contribution is 5.83. The number of nitrogens with zero attached hydrogens (tertiary/aromatic N) is 1. The Morgan fingerprint density at radius 2 is 1.89 bits per heavy atom. The van der Waals surface area contributed by atoms with E-state index >= 15 is 0 Å². The summed E-state index contributed by atoms with van der Waals surface area (Å²) in [7, 11) is 3.21. The van der Waals surface area contributed by atoms with Crippen LogP contribution in [-0.4, -0.2) is 38.8 Å². The van der Waals surface area contributed by atoms with Crippen LogP contribution in [0.15, 0.2) is 18.2 Å². The van der Waals surface area contributed by atoms with Crippen LogP contribution in [0.4, 0.5) is 5.69 Å². The van der Waals surface area contributed by atoms with Crippen LogP contribution in [0.3, 0.4) is 0 Å². The van der Waals surface area contributed by atoms with E-state index in [2.05, 4.69) is 24.1 Å². The number of hydrogen-bond donors (Lipinski definition) is 1. The molecule has 19 heavy (non-hydrogen) atoms. The molecule has 1 aromatic rings. The van der Waals surface area contributed by atoms with E-state index in [0.29, 0.717) is 24.6 Å². The van der Waals surface area contributed by atoms with E-state index < -0.39 is 0 Å². The van der Waals surface area contributed by atoms with Crippen molar-refractivity contribution in [3.63, 3.8) is 0 Å². The fourth-order valence-corrected chi connectivity index (χ4v) is 2.26. The van der Waals surface area contributed by atoms with Crippen LogP contribution < -0.4 is 19.7 Å². The minimum atomic E-state index is -0.131. The minimum Gasteiger partial charge on any atom is -0.493 e. The highest BCUT2D eigenvalue weighted by atomic mass is 16.5. The molecule has 0 atom stereocenters. The zero-order valence-electron chi connectivity index (χ0n) is 11.8. The minimum absolute atomic E-state index is 0.0362. The Morgan fingerprint density at radius 1 is 1.21 bits per heavy atom. The number of amides is 1.